The van der Waals surface area contributed by atoms with Gasteiger partial charge in [0.05, 0.1) is 5.69 Å². The molecule has 104 valence electrons. The van der Waals surface area contributed by atoms with Crippen LogP contribution in [-0.4, -0.2) is 23.2 Å². The number of aromatic amines is 1. The van der Waals surface area contributed by atoms with Crippen LogP contribution in [-0.2, 0) is 0 Å². The van der Waals surface area contributed by atoms with Crippen molar-refractivity contribution in [1.29, 1.82) is 0 Å². The van der Waals surface area contributed by atoms with E-state index in [4.69, 9.17) is 4.74 Å². The average molecular weight is 271 g/mol. The predicted molar refractivity (Wildman–Crippen MR) is 76.5 cm³/mol. The molecule has 0 fully saturated rings. The van der Waals surface area contributed by atoms with Crippen molar-refractivity contribution in [2.75, 3.05) is 6.61 Å². The third kappa shape index (κ3) is 2.79. The van der Waals surface area contributed by atoms with Gasteiger partial charge in [-0.1, -0.05) is 18.2 Å². The molecule has 1 N–H and O–H groups in total. The van der Waals surface area contributed by atoms with E-state index >= 15 is 0 Å². The Hall–Kier alpha value is -2.36. The number of aryl methyl sites for hydroxylation is 1. The molecule has 0 amide bonds. The molecular formula is C16H17NO3. The van der Waals surface area contributed by atoms with Crippen molar-refractivity contribution in [3.05, 3.63) is 52.8 Å². The molecule has 2 aromatic rings. The lowest BCUT2D eigenvalue weighted by Gasteiger charge is -2.05. The van der Waals surface area contributed by atoms with Crippen molar-refractivity contribution in [2.45, 2.75) is 20.8 Å². The average Bonchev–Trinajstić information content (AvgIpc) is 2.72. The van der Waals surface area contributed by atoms with E-state index in [1.807, 2.05) is 18.2 Å². The molecule has 4 nitrogen and oxygen atoms in total. The maximum Gasteiger partial charge on any atom is 0.216 e. The zero-order valence-electron chi connectivity index (χ0n) is 11.8. The highest BCUT2D eigenvalue weighted by atomic mass is 16.5. The maximum absolute atomic E-state index is 12.2. The topological polar surface area (TPSA) is 59.2 Å². The summed E-state index contributed by atoms with van der Waals surface area (Å²) in [4.78, 5) is 26.7. The first-order chi connectivity index (χ1) is 9.50. The summed E-state index contributed by atoms with van der Waals surface area (Å²) in [6.45, 7) is 5.01. The van der Waals surface area contributed by atoms with Crippen LogP contribution in [0.25, 0.3) is 0 Å². The Balaban J connectivity index is 2.14. The molecule has 2 rings (SSSR count). The number of carbonyl (C=O) groups excluding carboxylic acids is 2. The van der Waals surface area contributed by atoms with Gasteiger partial charge in [0.2, 0.25) is 5.78 Å². The summed E-state index contributed by atoms with van der Waals surface area (Å²) >= 11 is 0. The molecule has 1 heterocycles. The molecule has 0 aliphatic heterocycles. The number of hydrogen-bond donors (Lipinski definition) is 1. The van der Waals surface area contributed by atoms with E-state index in [1.165, 1.54) is 6.92 Å². The van der Waals surface area contributed by atoms with Crippen LogP contribution in [0.5, 0.6) is 5.75 Å². The van der Waals surface area contributed by atoms with Gasteiger partial charge in [-0.2, -0.15) is 0 Å². The zero-order chi connectivity index (χ0) is 14.7. The molecule has 4 heteroatoms. The number of rotatable bonds is 5. The van der Waals surface area contributed by atoms with Gasteiger partial charge in [0.25, 0.3) is 0 Å². The number of aromatic nitrogens is 1. The van der Waals surface area contributed by atoms with Gasteiger partial charge in [0, 0.05) is 11.3 Å². The van der Waals surface area contributed by atoms with Crippen LogP contribution in [0, 0.1) is 13.8 Å². The standard InChI is InChI=1S/C16H17NO3/c1-10-15(12(3)18)11(2)17-16(10)14(19)9-20-13-7-5-4-6-8-13/h4-8,17H,9H2,1-3H3. The first kappa shape index (κ1) is 14.1. The van der Waals surface area contributed by atoms with Gasteiger partial charge in [-0.25, -0.2) is 0 Å². The fourth-order valence-electron chi connectivity index (χ4n) is 2.29. The number of hydrogen-bond acceptors (Lipinski definition) is 3. The Morgan fingerprint density at radius 2 is 1.80 bits per heavy atom. The second-order valence-corrected chi connectivity index (χ2v) is 4.71. The van der Waals surface area contributed by atoms with Crippen LogP contribution < -0.4 is 4.74 Å². The van der Waals surface area contributed by atoms with Crippen LogP contribution in [0.2, 0.25) is 0 Å². The molecule has 0 aliphatic rings. The number of H-pyrrole nitrogens is 1. The summed E-state index contributed by atoms with van der Waals surface area (Å²) in [5, 5.41) is 0. The van der Waals surface area contributed by atoms with Crippen molar-refractivity contribution < 1.29 is 14.3 Å². The van der Waals surface area contributed by atoms with E-state index in [1.54, 1.807) is 26.0 Å². The van der Waals surface area contributed by atoms with Crippen LogP contribution in [0.15, 0.2) is 30.3 Å². The molecule has 0 aliphatic carbocycles. The van der Waals surface area contributed by atoms with Crippen molar-refractivity contribution in [2.24, 2.45) is 0 Å². The molecule has 1 aromatic carbocycles. The molecular weight excluding hydrogens is 254 g/mol. The Kier molecular flexibility index (Phi) is 4.03. The predicted octanol–water partition coefficient (Wildman–Crippen LogP) is 3.10. The van der Waals surface area contributed by atoms with Crippen LogP contribution >= 0.6 is 0 Å². The fraction of sp³-hybridized carbons (Fsp3) is 0.250. The summed E-state index contributed by atoms with van der Waals surface area (Å²) < 4.78 is 5.43. The second-order valence-electron chi connectivity index (χ2n) is 4.71. The van der Waals surface area contributed by atoms with Crippen molar-refractivity contribution in [3.63, 3.8) is 0 Å². The number of para-hydroxylation sites is 1. The highest BCUT2D eigenvalue weighted by molar-refractivity contribution is 6.03. The summed E-state index contributed by atoms with van der Waals surface area (Å²) in [5.41, 5.74) is 2.45. The highest BCUT2D eigenvalue weighted by Crippen LogP contribution is 2.19. The normalized spacial score (nSPS) is 10.3. The monoisotopic (exact) mass is 271 g/mol. The van der Waals surface area contributed by atoms with Gasteiger partial charge in [0.15, 0.2) is 12.4 Å². The van der Waals surface area contributed by atoms with E-state index < -0.39 is 0 Å². The van der Waals surface area contributed by atoms with Crippen LogP contribution in [0.3, 0.4) is 0 Å². The maximum atomic E-state index is 12.2. The lowest BCUT2D eigenvalue weighted by Crippen LogP contribution is -2.13. The van der Waals surface area contributed by atoms with E-state index in [2.05, 4.69) is 4.98 Å². The van der Waals surface area contributed by atoms with Gasteiger partial charge in [-0.05, 0) is 38.5 Å². The number of Topliss-reactive ketones (excluding diaryl/α,β-unsaturated/α-hetero) is 2. The van der Waals surface area contributed by atoms with Crippen molar-refractivity contribution >= 4 is 11.6 Å². The van der Waals surface area contributed by atoms with Gasteiger partial charge >= 0.3 is 0 Å². The molecule has 20 heavy (non-hydrogen) atoms. The number of carbonyl (C=O) groups is 2. The van der Waals surface area contributed by atoms with Crippen molar-refractivity contribution in [3.8, 4) is 5.75 Å². The summed E-state index contributed by atoms with van der Waals surface area (Å²) in [7, 11) is 0. The Bertz CT molecular complexity index is 641. The molecule has 0 saturated carbocycles. The summed E-state index contributed by atoms with van der Waals surface area (Å²) in [5.74, 6) is 0.440. The molecule has 0 atom stereocenters. The fourth-order valence-corrected chi connectivity index (χ4v) is 2.29. The van der Waals surface area contributed by atoms with E-state index in [0.717, 1.165) is 5.69 Å². The number of benzene rings is 1. The molecule has 0 radical (unpaired) electrons. The third-order valence-electron chi connectivity index (χ3n) is 3.18. The van der Waals surface area contributed by atoms with Crippen LogP contribution in [0.1, 0.15) is 39.0 Å². The number of ketones is 2. The van der Waals surface area contributed by atoms with Crippen LogP contribution in [0.4, 0.5) is 0 Å². The Morgan fingerprint density at radius 1 is 1.15 bits per heavy atom. The molecule has 0 spiro atoms. The number of ether oxygens (including phenoxy) is 1. The second kappa shape index (κ2) is 5.74. The Labute approximate surface area is 117 Å². The Morgan fingerprint density at radius 3 is 2.35 bits per heavy atom. The minimum absolute atomic E-state index is 0.0423. The first-order valence-electron chi connectivity index (χ1n) is 6.42. The van der Waals surface area contributed by atoms with Gasteiger partial charge < -0.3 is 9.72 Å². The minimum atomic E-state index is -0.165. The molecule has 0 unspecified atom stereocenters. The summed E-state index contributed by atoms with van der Waals surface area (Å²) in [6.07, 6.45) is 0. The quantitative estimate of drug-likeness (QED) is 0.850. The van der Waals surface area contributed by atoms with Gasteiger partial charge in [-0.3, -0.25) is 9.59 Å². The van der Waals surface area contributed by atoms with E-state index in [0.29, 0.717) is 22.6 Å². The lowest BCUT2D eigenvalue weighted by atomic mass is 10.1. The molecule has 0 saturated heterocycles. The lowest BCUT2D eigenvalue weighted by molar-refractivity contribution is 0.0916. The smallest absolute Gasteiger partial charge is 0.216 e. The third-order valence-corrected chi connectivity index (χ3v) is 3.18. The highest BCUT2D eigenvalue weighted by Gasteiger charge is 2.19. The zero-order valence-corrected chi connectivity index (χ0v) is 11.8. The summed E-state index contributed by atoms with van der Waals surface area (Å²) in [6, 6.07) is 9.16. The molecule has 0 bridgehead atoms. The largest absolute Gasteiger partial charge is 0.485 e. The SMILES string of the molecule is CC(=O)c1c(C)[nH]c(C(=O)COc2ccccc2)c1C. The van der Waals surface area contributed by atoms with Gasteiger partial charge in [-0.15, -0.1) is 0 Å². The minimum Gasteiger partial charge on any atom is -0.485 e. The molecule has 1 aromatic heterocycles. The number of nitrogens with one attached hydrogen (secondary N) is 1. The van der Waals surface area contributed by atoms with E-state index in [9.17, 15) is 9.59 Å². The van der Waals surface area contributed by atoms with Gasteiger partial charge in [0.1, 0.15) is 5.75 Å². The first-order valence-corrected chi connectivity index (χ1v) is 6.42. The van der Waals surface area contributed by atoms with E-state index in [-0.39, 0.29) is 18.2 Å². The van der Waals surface area contributed by atoms with Crippen molar-refractivity contribution in [1.82, 2.24) is 4.98 Å².